The zero-order valence-electron chi connectivity index (χ0n) is 7.91. The third kappa shape index (κ3) is 2.21. The summed E-state index contributed by atoms with van der Waals surface area (Å²) in [5.74, 6) is 0. The third-order valence-electron chi connectivity index (χ3n) is 2.52. The first kappa shape index (κ1) is 8.58. The minimum absolute atomic E-state index is 0.527. The largest absolute Gasteiger partial charge is 0.0958 e. The molecule has 1 aliphatic carbocycles. The van der Waals surface area contributed by atoms with Crippen LogP contribution in [0.15, 0.2) is 23.8 Å². The highest BCUT2D eigenvalue weighted by atomic mass is 14.3. The van der Waals surface area contributed by atoms with Crippen molar-refractivity contribution in [2.24, 2.45) is 5.41 Å². The lowest BCUT2D eigenvalue weighted by molar-refractivity contribution is 0.326. The van der Waals surface area contributed by atoms with Gasteiger partial charge in [0.2, 0.25) is 0 Å². The average molecular weight is 150 g/mol. The van der Waals surface area contributed by atoms with Crippen LogP contribution in [0.3, 0.4) is 0 Å². The Morgan fingerprint density at radius 2 is 2.18 bits per heavy atom. The molecular weight excluding hydrogens is 132 g/mol. The van der Waals surface area contributed by atoms with Gasteiger partial charge in [0.15, 0.2) is 0 Å². The van der Waals surface area contributed by atoms with Gasteiger partial charge in [-0.2, -0.15) is 0 Å². The first-order chi connectivity index (χ1) is 5.01. The second kappa shape index (κ2) is 2.84. The van der Waals surface area contributed by atoms with Crippen molar-refractivity contribution in [1.82, 2.24) is 0 Å². The maximum atomic E-state index is 3.96. The Morgan fingerprint density at radius 1 is 1.55 bits per heavy atom. The van der Waals surface area contributed by atoms with Crippen LogP contribution in [0.2, 0.25) is 0 Å². The third-order valence-corrected chi connectivity index (χ3v) is 2.52. The predicted octanol–water partition coefficient (Wildman–Crippen LogP) is 3.70. The summed E-state index contributed by atoms with van der Waals surface area (Å²) in [4.78, 5) is 0. The summed E-state index contributed by atoms with van der Waals surface area (Å²) in [7, 11) is 0. The molecule has 0 atom stereocenters. The fraction of sp³-hybridized carbons (Fsp3) is 0.636. The maximum absolute atomic E-state index is 3.96. The summed E-state index contributed by atoms with van der Waals surface area (Å²) >= 11 is 0. The number of hydrogen-bond acceptors (Lipinski definition) is 0. The molecule has 0 saturated carbocycles. The quantitative estimate of drug-likeness (QED) is 0.534. The molecule has 0 bridgehead atoms. The number of allylic oxidation sites excluding steroid dienone is 3. The number of hydrogen-bond donors (Lipinski definition) is 0. The predicted molar refractivity (Wildman–Crippen MR) is 50.5 cm³/mol. The van der Waals surface area contributed by atoms with Gasteiger partial charge in [0.1, 0.15) is 0 Å². The van der Waals surface area contributed by atoms with Crippen molar-refractivity contribution in [1.29, 1.82) is 0 Å². The first-order valence-corrected chi connectivity index (χ1v) is 4.36. The van der Waals surface area contributed by atoms with Gasteiger partial charge >= 0.3 is 0 Å². The second-order valence-corrected chi connectivity index (χ2v) is 4.38. The normalized spacial score (nSPS) is 22.6. The van der Waals surface area contributed by atoms with Crippen molar-refractivity contribution < 1.29 is 0 Å². The molecule has 0 aromatic heterocycles. The molecule has 0 aliphatic heterocycles. The molecule has 0 heteroatoms. The van der Waals surface area contributed by atoms with E-state index >= 15 is 0 Å². The average Bonchev–Trinajstić information content (AvgIpc) is 1.86. The summed E-state index contributed by atoms with van der Waals surface area (Å²) in [6.45, 7) is 10.7. The lowest BCUT2D eigenvalue weighted by Crippen LogP contribution is -2.14. The highest BCUT2D eigenvalue weighted by Crippen LogP contribution is 2.35. The standard InChI is InChI=1S/C11H18/c1-9(2)10-5-7-11(3,4)8-6-10/h5H,1,6-8H2,2-4H3. The van der Waals surface area contributed by atoms with Gasteiger partial charge in [-0.15, -0.1) is 0 Å². The molecule has 0 N–H and O–H groups in total. The fourth-order valence-corrected chi connectivity index (χ4v) is 1.46. The van der Waals surface area contributed by atoms with E-state index < -0.39 is 0 Å². The molecule has 0 heterocycles. The van der Waals surface area contributed by atoms with Crippen LogP contribution in [0.4, 0.5) is 0 Å². The molecule has 0 amide bonds. The lowest BCUT2D eigenvalue weighted by Gasteiger charge is -2.28. The fourth-order valence-electron chi connectivity index (χ4n) is 1.46. The van der Waals surface area contributed by atoms with Crippen molar-refractivity contribution in [2.45, 2.75) is 40.0 Å². The molecule has 0 spiro atoms. The zero-order chi connectivity index (χ0) is 8.48. The van der Waals surface area contributed by atoms with Crippen LogP contribution < -0.4 is 0 Å². The van der Waals surface area contributed by atoms with E-state index in [9.17, 15) is 0 Å². The molecule has 1 aliphatic rings. The van der Waals surface area contributed by atoms with Gasteiger partial charge in [0.25, 0.3) is 0 Å². The van der Waals surface area contributed by atoms with Gasteiger partial charge in [-0.05, 0) is 37.2 Å². The van der Waals surface area contributed by atoms with Crippen LogP contribution in [0.5, 0.6) is 0 Å². The summed E-state index contributed by atoms with van der Waals surface area (Å²) in [5.41, 5.74) is 3.25. The minimum Gasteiger partial charge on any atom is -0.0958 e. The Hall–Kier alpha value is -0.520. The van der Waals surface area contributed by atoms with E-state index in [1.807, 2.05) is 0 Å². The molecule has 0 fully saturated rings. The minimum atomic E-state index is 0.527. The highest BCUT2D eigenvalue weighted by molar-refractivity contribution is 5.28. The van der Waals surface area contributed by atoms with Crippen molar-refractivity contribution in [3.8, 4) is 0 Å². The van der Waals surface area contributed by atoms with Crippen molar-refractivity contribution in [3.63, 3.8) is 0 Å². The van der Waals surface area contributed by atoms with Crippen LogP contribution in [-0.2, 0) is 0 Å². The SMILES string of the molecule is C=C(C)C1=CCC(C)(C)CC1. The Bertz CT molecular complexity index is 194. The monoisotopic (exact) mass is 150 g/mol. The molecular formula is C11H18. The zero-order valence-corrected chi connectivity index (χ0v) is 7.91. The van der Waals surface area contributed by atoms with Gasteiger partial charge in [0.05, 0.1) is 0 Å². The summed E-state index contributed by atoms with van der Waals surface area (Å²) in [6.07, 6.45) is 6.11. The van der Waals surface area contributed by atoms with Crippen molar-refractivity contribution in [2.75, 3.05) is 0 Å². The van der Waals surface area contributed by atoms with Gasteiger partial charge in [-0.3, -0.25) is 0 Å². The molecule has 0 aromatic carbocycles. The first-order valence-electron chi connectivity index (χ1n) is 4.36. The Labute approximate surface area is 70.0 Å². The molecule has 0 nitrogen and oxygen atoms in total. The summed E-state index contributed by atoms with van der Waals surface area (Å²) < 4.78 is 0. The molecule has 0 radical (unpaired) electrons. The van der Waals surface area contributed by atoms with Crippen LogP contribution in [-0.4, -0.2) is 0 Å². The van der Waals surface area contributed by atoms with Gasteiger partial charge in [-0.25, -0.2) is 0 Å². The molecule has 0 unspecified atom stereocenters. The van der Waals surface area contributed by atoms with Crippen LogP contribution >= 0.6 is 0 Å². The smallest absolute Gasteiger partial charge is 0.0274 e. The van der Waals surface area contributed by atoms with E-state index in [4.69, 9.17) is 0 Å². The van der Waals surface area contributed by atoms with Gasteiger partial charge in [0, 0.05) is 0 Å². The molecule has 11 heavy (non-hydrogen) atoms. The van der Waals surface area contributed by atoms with Crippen LogP contribution in [0.1, 0.15) is 40.0 Å². The molecule has 1 rings (SSSR count). The Balaban J connectivity index is 2.65. The number of rotatable bonds is 1. The summed E-state index contributed by atoms with van der Waals surface area (Å²) in [6, 6.07) is 0. The van der Waals surface area contributed by atoms with E-state index in [1.165, 1.54) is 30.4 Å². The Morgan fingerprint density at radius 3 is 2.55 bits per heavy atom. The van der Waals surface area contributed by atoms with Crippen LogP contribution in [0, 0.1) is 5.41 Å². The molecule has 62 valence electrons. The van der Waals surface area contributed by atoms with E-state index in [0.29, 0.717) is 5.41 Å². The van der Waals surface area contributed by atoms with Crippen molar-refractivity contribution >= 4 is 0 Å². The topological polar surface area (TPSA) is 0 Å². The van der Waals surface area contributed by atoms with E-state index in [-0.39, 0.29) is 0 Å². The highest BCUT2D eigenvalue weighted by Gasteiger charge is 2.20. The maximum Gasteiger partial charge on any atom is -0.0274 e. The van der Waals surface area contributed by atoms with Gasteiger partial charge < -0.3 is 0 Å². The Kier molecular flexibility index (Phi) is 2.22. The van der Waals surface area contributed by atoms with E-state index in [1.54, 1.807) is 0 Å². The second-order valence-electron chi connectivity index (χ2n) is 4.38. The van der Waals surface area contributed by atoms with Gasteiger partial charge in [-0.1, -0.05) is 32.1 Å². The van der Waals surface area contributed by atoms with E-state index in [0.717, 1.165) is 0 Å². The van der Waals surface area contributed by atoms with Crippen LogP contribution in [0.25, 0.3) is 0 Å². The van der Waals surface area contributed by atoms with E-state index in [2.05, 4.69) is 33.4 Å². The molecule has 0 aromatic rings. The molecule has 0 saturated heterocycles. The summed E-state index contributed by atoms with van der Waals surface area (Å²) in [5, 5.41) is 0. The van der Waals surface area contributed by atoms with Crippen molar-refractivity contribution in [3.05, 3.63) is 23.8 Å². The lowest BCUT2D eigenvalue weighted by atomic mass is 9.77.